The van der Waals surface area contributed by atoms with Gasteiger partial charge in [0.05, 0.1) is 0 Å². The van der Waals surface area contributed by atoms with E-state index in [9.17, 15) is 0 Å². The monoisotopic (exact) mass is 154 g/mol. The summed E-state index contributed by atoms with van der Waals surface area (Å²) in [5.74, 6) is 2.74. The van der Waals surface area contributed by atoms with E-state index in [4.69, 9.17) is 0 Å². The van der Waals surface area contributed by atoms with Gasteiger partial charge in [-0.1, -0.05) is 41.0 Å². The van der Waals surface area contributed by atoms with Crippen molar-refractivity contribution >= 4 is 0 Å². The lowest BCUT2D eigenvalue weighted by atomic mass is 9.60. The standard InChI is InChI=1S/C11H22/c1-8-6-7-9(2)11(4,5)10(8)3/h8-10H,6-7H2,1-5H3/t8?,9-,10+/m1/s1. The molecule has 0 heteroatoms. The first-order valence-electron chi connectivity index (χ1n) is 4.96. The van der Waals surface area contributed by atoms with Gasteiger partial charge in [0.15, 0.2) is 0 Å². The van der Waals surface area contributed by atoms with Gasteiger partial charge in [0, 0.05) is 0 Å². The van der Waals surface area contributed by atoms with Crippen molar-refractivity contribution in [3.63, 3.8) is 0 Å². The van der Waals surface area contributed by atoms with E-state index in [1.165, 1.54) is 12.8 Å². The van der Waals surface area contributed by atoms with E-state index in [1.807, 2.05) is 0 Å². The second kappa shape index (κ2) is 2.80. The summed E-state index contributed by atoms with van der Waals surface area (Å²) in [5.41, 5.74) is 0.567. The van der Waals surface area contributed by atoms with E-state index < -0.39 is 0 Å². The van der Waals surface area contributed by atoms with E-state index >= 15 is 0 Å². The molecule has 3 atom stereocenters. The molecule has 0 heterocycles. The topological polar surface area (TPSA) is 0 Å². The van der Waals surface area contributed by atoms with Crippen LogP contribution in [0.15, 0.2) is 0 Å². The quantitative estimate of drug-likeness (QED) is 0.499. The van der Waals surface area contributed by atoms with Crippen LogP contribution in [-0.2, 0) is 0 Å². The van der Waals surface area contributed by atoms with Gasteiger partial charge in [-0.3, -0.25) is 0 Å². The molecule has 1 unspecified atom stereocenters. The fourth-order valence-electron chi connectivity index (χ4n) is 2.32. The fraction of sp³-hybridized carbons (Fsp3) is 1.00. The van der Waals surface area contributed by atoms with E-state index in [0.717, 1.165) is 17.8 Å². The van der Waals surface area contributed by atoms with Crippen LogP contribution < -0.4 is 0 Å². The fourth-order valence-corrected chi connectivity index (χ4v) is 2.32. The Hall–Kier alpha value is 0. The van der Waals surface area contributed by atoms with Crippen molar-refractivity contribution < 1.29 is 0 Å². The second-order valence-corrected chi connectivity index (χ2v) is 5.07. The maximum atomic E-state index is 2.43. The highest BCUT2D eigenvalue weighted by molar-refractivity contribution is 4.87. The zero-order valence-electron chi connectivity index (χ0n) is 8.65. The van der Waals surface area contributed by atoms with Crippen molar-refractivity contribution in [2.75, 3.05) is 0 Å². The highest BCUT2D eigenvalue weighted by Gasteiger charge is 2.38. The molecule has 0 saturated heterocycles. The molecule has 0 N–H and O–H groups in total. The second-order valence-electron chi connectivity index (χ2n) is 5.07. The molecule has 0 bridgehead atoms. The van der Waals surface area contributed by atoms with Crippen LogP contribution in [0.3, 0.4) is 0 Å². The average molecular weight is 154 g/mol. The summed E-state index contributed by atoms with van der Waals surface area (Å²) in [7, 11) is 0. The molecule has 1 saturated carbocycles. The minimum absolute atomic E-state index is 0.567. The van der Waals surface area contributed by atoms with Crippen molar-refractivity contribution in [1.29, 1.82) is 0 Å². The zero-order chi connectivity index (χ0) is 8.65. The van der Waals surface area contributed by atoms with Gasteiger partial charge in [0.2, 0.25) is 0 Å². The van der Waals surface area contributed by atoms with Crippen molar-refractivity contribution in [3.8, 4) is 0 Å². The van der Waals surface area contributed by atoms with Gasteiger partial charge in [-0.05, 0) is 29.6 Å². The van der Waals surface area contributed by atoms with Crippen LogP contribution in [0.2, 0.25) is 0 Å². The Balaban J connectivity index is 2.72. The first kappa shape index (κ1) is 9.09. The third-order valence-electron chi connectivity index (χ3n) is 4.35. The molecular formula is C11H22. The molecule has 1 aliphatic rings. The first-order valence-corrected chi connectivity index (χ1v) is 4.96. The van der Waals surface area contributed by atoms with E-state index in [-0.39, 0.29) is 0 Å². The van der Waals surface area contributed by atoms with E-state index in [1.54, 1.807) is 0 Å². The molecule has 1 rings (SSSR count). The van der Waals surface area contributed by atoms with E-state index in [2.05, 4.69) is 34.6 Å². The number of hydrogen-bond donors (Lipinski definition) is 0. The van der Waals surface area contributed by atoms with Crippen LogP contribution in [0.25, 0.3) is 0 Å². The van der Waals surface area contributed by atoms with Crippen molar-refractivity contribution in [2.45, 2.75) is 47.5 Å². The lowest BCUT2D eigenvalue weighted by Crippen LogP contribution is -2.37. The Bertz CT molecular complexity index is 135. The summed E-state index contributed by atoms with van der Waals surface area (Å²) in [5, 5.41) is 0. The predicted octanol–water partition coefficient (Wildman–Crippen LogP) is 3.71. The molecule has 0 aromatic rings. The molecule has 0 radical (unpaired) electrons. The Kier molecular flexibility index (Phi) is 2.32. The van der Waals surface area contributed by atoms with Gasteiger partial charge in [-0.25, -0.2) is 0 Å². The van der Waals surface area contributed by atoms with Crippen LogP contribution in [0.1, 0.15) is 47.5 Å². The summed E-state index contributed by atoms with van der Waals surface area (Å²) in [6, 6.07) is 0. The van der Waals surface area contributed by atoms with Crippen LogP contribution in [0, 0.1) is 23.2 Å². The molecule has 0 aliphatic heterocycles. The Morgan fingerprint density at radius 1 is 1.00 bits per heavy atom. The highest BCUT2D eigenvalue weighted by atomic mass is 14.4. The molecular weight excluding hydrogens is 132 g/mol. The number of rotatable bonds is 0. The maximum absolute atomic E-state index is 2.43. The summed E-state index contributed by atoms with van der Waals surface area (Å²) >= 11 is 0. The van der Waals surface area contributed by atoms with Gasteiger partial charge in [-0.2, -0.15) is 0 Å². The number of hydrogen-bond acceptors (Lipinski definition) is 0. The Labute approximate surface area is 71.4 Å². The Morgan fingerprint density at radius 2 is 1.55 bits per heavy atom. The van der Waals surface area contributed by atoms with Crippen molar-refractivity contribution in [2.24, 2.45) is 23.2 Å². The minimum Gasteiger partial charge on any atom is -0.0622 e. The SMILES string of the molecule is CC1CC[C@@H](C)C(C)(C)[C@H]1C. The molecule has 1 aliphatic carbocycles. The van der Waals surface area contributed by atoms with Gasteiger partial charge in [-0.15, -0.1) is 0 Å². The van der Waals surface area contributed by atoms with Crippen LogP contribution in [0.5, 0.6) is 0 Å². The lowest BCUT2D eigenvalue weighted by Gasteiger charge is -2.45. The summed E-state index contributed by atoms with van der Waals surface area (Å²) in [6.07, 6.45) is 2.87. The summed E-state index contributed by atoms with van der Waals surface area (Å²) < 4.78 is 0. The van der Waals surface area contributed by atoms with Gasteiger partial charge in [0.25, 0.3) is 0 Å². The first-order chi connectivity index (χ1) is 4.96. The summed E-state index contributed by atoms with van der Waals surface area (Å²) in [6.45, 7) is 12.1. The third kappa shape index (κ3) is 1.45. The largest absolute Gasteiger partial charge is 0.0622 e. The summed E-state index contributed by atoms with van der Waals surface area (Å²) in [4.78, 5) is 0. The average Bonchev–Trinajstić information content (AvgIpc) is 1.95. The normalized spacial score (nSPS) is 43.9. The molecule has 1 fully saturated rings. The lowest BCUT2D eigenvalue weighted by molar-refractivity contribution is 0.0406. The molecule has 0 nitrogen and oxygen atoms in total. The third-order valence-corrected chi connectivity index (χ3v) is 4.35. The molecule has 66 valence electrons. The van der Waals surface area contributed by atoms with Crippen molar-refractivity contribution in [3.05, 3.63) is 0 Å². The molecule has 0 aromatic carbocycles. The molecule has 0 aromatic heterocycles. The zero-order valence-corrected chi connectivity index (χ0v) is 8.65. The minimum atomic E-state index is 0.567. The smallest absolute Gasteiger partial charge is 0.0300 e. The predicted molar refractivity (Wildman–Crippen MR) is 50.5 cm³/mol. The van der Waals surface area contributed by atoms with Crippen molar-refractivity contribution in [1.82, 2.24) is 0 Å². The molecule has 11 heavy (non-hydrogen) atoms. The van der Waals surface area contributed by atoms with Crippen LogP contribution in [-0.4, -0.2) is 0 Å². The molecule has 0 amide bonds. The maximum Gasteiger partial charge on any atom is -0.0300 e. The van der Waals surface area contributed by atoms with Crippen LogP contribution in [0.4, 0.5) is 0 Å². The van der Waals surface area contributed by atoms with Gasteiger partial charge in [0.1, 0.15) is 0 Å². The Morgan fingerprint density at radius 3 is 2.00 bits per heavy atom. The van der Waals surface area contributed by atoms with Gasteiger partial charge >= 0.3 is 0 Å². The van der Waals surface area contributed by atoms with Gasteiger partial charge < -0.3 is 0 Å². The van der Waals surface area contributed by atoms with E-state index in [0.29, 0.717) is 5.41 Å². The van der Waals surface area contributed by atoms with Crippen LogP contribution >= 0.6 is 0 Å². The molecule has 0 spiro atoms. The highest BCUT2D eigenvalue weighted by Crippen LogP contribution is 2.46.